The molecule has 102 valence electrons. The molecule has 0 fully saturated rings. The fraction of sp³-hybridized carbons (Fsp3) is 0.600. The molecule has 0 radical (unpaired) electrons. The van der Waals surface area contributed by atoms with E-state index >= 15 is 0 Å². The summed E-state index contributed by atoms with van der Waals surface area (Å²) in [5.41, 5.74) is 1.35. The smallest absolute Gasteiger partial charge is 0.120 e. The van der Waals surface area contributed by atoms with E-state index in [0.29, 0.717) is 0 Å². The van der Waals surface area contributed by atoms with E-state index in [1.807, 2.05) is 6.07 Å². The van der Waals surface area contributed by atoms with Gasteiger partial charge in [0.1, 0.15) is 5.75 Å². The highest BCUT2D eigenvalue weighted by Gasteiger charge is 2.11. The highest BCUT2D eigenvalue weighted by molar-refractivity contribution is 9.10. The van der Waals surface area contributed by atoms with Gasteiger partial charge in [0.15, 0.2) is 0 Å². The number of hydrogen-bond donors (Lipinski definition) is 1. The van der Waals surface area contributed by atoms with Crippen LogP contribution in [0.15, 0.2) is 22.7 Å². The summed E-state index contributed by atoms with van der Waals surface area (Å²) in [5.74, 6) is 0.943. The van der Waals surface area contributed by atoms with Gasteiger partial charge in [-0.1, -0.05) is 22.9 Å². The van der Waals surface area contributed by atoms with E-state index in [4.69, 9.17) is 4.74 Å². The van der Waals surface area contributed by atoms with Crippen molar-refractivity contribution < 1.29 is 4.74 Å². The predicted octanol–water partition coefficient (Wildman–Crippen LogP) is 4.51. The van der Waals surface area contributed by atoms with E-state index in [1.165, 1.54) is 5.56 Å². The lowest BCUT2D eigenvalue weighted by Gasteiger charge is -2.21. The third-order valence-electron chi connectivity index (χ3n) is 2.74. The van der Waals surface area contributed by atoms with Crippen LogP contribution in [-0.2, 0) is 6.54 Å². The van der Waals surface area contributed by atoms with E-state index in [-0.39, 0.29) is 11.6 Å². The summed E-state index contributed by atoms with van der Waals surface area (Å²) in [5, 5.41) is 3.49. The first-order chi connectivity index (χ1) is 8.31. The second kappa shape index (κ2) is 6.58. The van der Waals surface area contributed by atoms with Crippen LogP contribution < -0.4 is 10.1 Å². The third-order valence-corrected chi connectivity index (χ3v) is 3.51. The lowest BCUT2D eigenvalue weighted by atomic mass is 10.1. The monoisotopic (exact) mass is 313 g/mol. The fourth-order valence-electron chi connectivity index (χ4n) is 1.44. The molecule has 18 heavy (non-hydrogen) atoms. The Labute approximate surface area is 119 Å². The largest absolute Gasteiger partial charge is 0.491 e. The first kappa shape index (κ1) is 15.5. The summed E-state index contributed by atoms with van der Waals surface area (Å²) < 4.78 is 6.96. The van der Waals surface area contributed by atoms with Crippen LogP contribution in [0, 0.1) is 0 Å². The molecule has 0 spiro atoms. The maximum absolute atomic E-state index is 5.84. The molecule has 1 atom stereocenters. The Morgan fingerprint density at radius 1 is 1.33 bits per heavy atom. The topological polar surface area (TPSA) is 21.3 Å². The van der Waals surface area contributed by atoms with Gasteiger partial charge in [-0.25, -0.2) is 0 Å². The second-order valence-corrected chi connectivity index (χ2v) is 6.55. The van der Waals surface area contributed by atoms with Crippen molar-refractivity contribution in [2.45, 2.75) is 59.2 Å². The van der Waals surface area contributed by atoms with Crippen molar-refractivity contribution in [3.63, 3.8) is 0 Å². The van der Waals surface area contributed by atoms with Crippen molar-refractivity contribution in [1.29, 1.82) is 0 Å². The number of halogens is 1. The summed E-state index contributed by atoms with van der Waals surface area (Å²) in [4.78, 5) is 0. The Morgan fingerprint density at radius 3 is 2.56 bits per heavy atom. The summed E-state index contributed by atoms with van der Waals surface area (Å²) >= 11 is 3.59. The first-order valence-electron chi connectivity index (χ1n) is 6.52. The van der Waals surface area contributed by atoms with Crippen LogP contribution in [0.1, 0.15) is 46.6 Å². The molecule has 3 heteroatoms. The lowest BCUT2D eigenvalue weighted by molar-refractivity contribution is 0.217. The minimum atomic E-state index is 0.118. The molecule has 0 saturated carbocycles. The van der Waals surface area contributed by atoms with Gasteiger partial charge in [0.25, 0.3) is 0 Å². The Kier molecular flexibility index (Phi) is 5.67. The van der Waals surface area contributed by atoms with Gasteiger partial charge < -0.3 is 10.1 Å². The third kappa shape index (κ3) is 5.40. The number of ether oxygens (including phenoxy) is 1. The summed E-state index contributed by atoms with van der Waals surface area (Å²) in [7, 11) is 0. The summed E-state index contributed by atoms with van der Waals surface area (Å²) in [6.45, 7) is 11.6. The van der Waals surface area contributed by atoms with Crippen LogP contribution in [-0.4, -0.2) is 11.6 Å². The van der Waals surface area contributed by atoms with Gasteiger partial charge >= 0.3 is 0 Å². The van der Waals surface area contributed by atoms with Crippen LogP contribution in [0.5, 0.6) is 5.75 Å². The van der Waals surface area contributed by atoms with Gasteiger partial charge in [0.05, 0.1) is 6.10 Å². The summed E-state index contributed by atoms with van der Waals surface area (Å²) in [6.07, 6.45) is 1.28. The average molecular weight is 314 g/mol. The zero-order valence-corrected chi connectivity index (χ0v) is 13.6. The van der Waals surface area contributed by atoms with Crippen molar-refractivity contribution in [2.75, 3.05) is 0 Å². The standard InChI is InChI=1S/C15H24BrNO/c1-6-11(2)18-13-7-8-14(16)12(9-13)10-17-15(3,4)5/h7-9,11,17H,6,10H2,1-5H3. The average Bonchev–Trinajstić information content (AvgIpc) is 2.28. The van der Waals surface area contributed by atoms with Crippen LogP contribution in [0.2, 0.25) is 0 Å². The number of hydrogen-bond acceptors (Lipinski definition) is 2. The van der Waals surface area contributed by atoms with E-state index in [0.717, 1.165) is 23.2 Å². The Morgan fingerprint density at radius 2 is 2.00 bits per heavy atom. The van der Waals surface area contributed by atoms with Gasteiger partial charge in [-0.2, -0.15) is 0 Å². The zero-order valence-electron chi connectivity index (χ0n) is 12.0. The van der Waals surface area contributed by atoms with Crippen molar-refractivity contribution in [2.24, 2.45) is 0 Å². The van der Waals surface area contributed by atoms with E-state index < -0.39 is 0 Å². The molecule has 0 saturated heterocycles. The quantitative estimate of drug-likeness (QED) is 0.863. The van der Waals surface area contributed by atoms with Crippen molar-refractivity contribution in [3.05, 3.63) is 28.2 Å². The molecule has 0 aromatic heterocycles. The molecular weight excluding hydrogens is 290 g/mol. The molecule has 1 N–H and O–H groups in total. The highest BCUT2D eigenvalue weighted by Crippen LogP contribution is 2.24. The summed E-state index contributed by atoms with van der Waals surface area (Å²) in [6, 6.07) is 6.17. The molecule has 1 aromatic rings. The molecule has 2 nitrogen and oxygen atoms in total. The SMILES string of the molecule is CCC(C)Oc1ccc(Br)c(CNC(C)(C)C)c1. The number of nitrogens with one attached hydrogen (secondary N) is 1. The van der Waals surface area contributed by atoms with Crippen LogP contribution in [0.25, 0.3) is 0 Å². The molecule has 1 unspecified atom stereocenters. The number of rotatable bonds is 5. The van der Waals surface area contributed by atoms with Crippen molar-refractivity contribution >= 4 is 15.9 Å². The van der Waals surface area contributed by atoms with Gasteiger partial charge in [-0.05, 0) is 57.9 Å². The minimum Gasteiger partial charge on any atom is -0.491 e. The maximum Gasteiger partial charge on any atom is 0.120 e. The lowest BCUT2D eigenvalue weighted by Crippen LogP contribution is -2.35. The van der Waals surface area contributed by atoms with E-state index in [2.05, 4.69) is 68.0 Å². The Balaban J connectivity index is 2.75. The molecule has 0 aliphatic rings. The molecule has 0 bridgehead atoms. The molecular formula is C15H24BrNO. The van der Waals surface area contributed by atoms with E-state index in [9.17, 15) is 0 Å². The molecule has 0 heterocycles. The van der Waals surface area contributed by atoms with Crippen molar-refractivity contribution in [1.82, 2.24) is 5.32 Å². The Hall–Kier alpha value is -0.540. The Bertz CT molecular complexity index is 385. The van der Waals surface area contributed by atoms with Gasteiger partial charge in [0.2, 0.25) is 0 Å². The van der Waals surface area contributed by atoms with Crippen LogP contribution in [0.3, 0.4) is 0 Å². The predicted molar refractivity (Wildman–Crippen MR) is 81.1 cm³/mol. The maximum atomic E-state index is 5.84. The molecule has 0 aliphatic carbocycles. The van der Waals surface area contributed by atoms with Gasteiger partial charge in [0, 0.05) is 16.6 Å². The zero-order chi connectivity index (χ0) is 13.8. The minimum absolute atomic E-state index is 0.118. The molecule has 1 rings (SSSR count). The molecule has 0 aliphatic heterocycles. The fourth-order valence-corrected chi connectivity index (χ4v) is 1.82. The normalized spacial score (nSPS) is 13.4. The molecule has 0 amide bonds. The van der Waals surface area contributed by atoms with Gasteiger partial charge in [-0.3, -0.25) is 0 Å². The number of benzene rings is 1. The first-order valence-corrected chi connectivity index (χ1v) is 7.31. The highest BCUT2D eigenvalue weighted by atomic mass is 79.9. The van der Waals surface area contributed by atoms with Crippen LogP contribution in [0.4, 0.5) is 0 Å². The van der Waals surface area contributed by atoms with E-state index in [1.54, 1.807) is 0 Å². The van der Waals surface area contributed by atoms with Crippen LogP contribution >= 0.6 is 15.9 Å². The second-order valence-electron chi connectivity index (χ2n) is 5.69. The van der Waals surface area contributed by atoms with Gasteiger partial charge in [-0.15, -0.1) is 0 Å². The molecule has 1 aromatic carbocycles. The van der Waals surface area contributed by atoms with Crippen molar-refractivity contribution in [3.8, 4) is 5.75 Å².